The predicted molar refractivity (Wildman–Crippen MR) is 66.8 cm³/mol. The second-order valence-electron chi connectivity index (χ2n) is 3.66. The van der Waals surface area contributed by atoms with E-state index in [0.29, 0.717) is 6.07 Å². The molecule has 0 aliphatic heterocycles. The first-order valence-electron chi connectivity index (χ1n) is 5.53. The van der Waals surface area contributed by atoms with Gasteiger partial charge < -0.3 is 10.1 Å². The number of hydrogen-bond acceptors (Lipinski definition) is 3. The standard InChI is InChI=1S/C12H11ClF3NO3/c1-2-20-11(19)7-3-4-9(17-10(18)6-13)8(5-7)12(14,15)16/h3-5H,2,6H2,1H3,(H,17,18). The van der Waals surface area contributed by atoms with Gasteiger partial charge in [-0.15, -0.1) is 11.6 Å². The summed E-state index contributed by atoms with van der Waals surface area (Å²) in [6.07, 6.45) is -4.72. The molecule has 8 heteroatoms. The molecule has 0 bridgehead atoms. The monoisotopic (exact) mass is 309 g/mol. The van der Waals surface area contributed by atoms with Crippen LogP contribution in [0.2, 0.25) is 0 Å². The Morgan fingerprint density at radius 1 is 1.35 bits per heavy atom. The Kier molecular flexibility index (Phi) is 5.38. The molecule has 1 amide bonds. The lowest BCUT2D eigenvalue weighted by atomic mass is 10.1. The summed E-state index contributed by atoms with van der Waals surface area (Å²) in [5.74, 6) is -2.12. The minimum atomic E-state index is -4.72. The van der Waals surface area contributed by atoms with Crippen molar-refractivity contribution in [2.45, 2.75) is 13.1 Å². The van der Waals surface area contributed by atoms with Crippen molar-refractivity contribution in [3.05, 3.63) is 29.3 Å². The number of benzene rings is 1. The van der Waals surface area contributed by atoms with E-state index in [2.05, 4.69) is 4.74 Å². The van der Waals surface area contributed by atoms with E-state index < -0.39 is 35.2 Å². The summed E-state index contributed by atoms with van der Waals surface area (Å²) < 4.78 is 43.3. The topological polar surface area (TPSA) is 55.4 Å². The Morgan fingerprint density at radius 2 is 2.00 bits per heavy atom. The van der Waals surface area contributed by atoms with Crippen molar-refractivity contribution in [2.75, 3.05) is 17.8 Å². The van der Waals surface area contributed by atoms with Crippen LogP contribution in [0.25, 0.3) is 0 Å². The number of ether oxygens (including phenoxy) is 1. The zero-order valence-electron chi connectivity index (χ0n) is 10.4. The van der Waals surface area contributed by atoms with E-state index in [1.807, 2.05) is 5.32 Å². The number of nitrogens with one attached hydrogen (secondary N) is 1. The number of esters is 1. The van der Waals surface area contributed by atoms with Crippen molar-refractivity contribution in [3.63, 3.8) is 0 Å². The molecule has 1 rings (SSSR count). The highest BCUT2D eigenvalue weighted by Crippen LogP contribution is 2.35. The summed E-state index contributed by atoms with van der Waals surface area (Å²) in [6, 6.07) is 2.75. The van der Waals surface area contributed by atoms with E-state index >= 15 is 0 Å². The third kappa shape index (κ3) is 4.12. The molecule has 0 saturated carbocycles. The molecule has 0 radical (unpaired) electrons. The van der Waals surface area contributed by atoms with Gasteiger partial charge in [-0.05, 0) is 25.1 Å². The van der Waals surface area contributed by atoms with Gasteiger partial charge in [0.05, 0.1) is 23.4 Å². The van der Waals surface area contributed by atoms with Gasteiger partial charge in [-0.2, -0.15) is 13.2 Å². The molecule has 0 unspecified atom stereocenters. The number of alkyl halides is 4. The second-order valence-corrected chi connectivity index (χ2v) is 3.93. The summed E-state index contributed by atoms with van der Waals surface area (Å²) in [5, 5.41) is 2.02. The zero-order chi connectivity index (χ0) is 15.3. The molecule has 110 valence electrons. The van der Waals surface area contributed by atoms with Gasteiger partial charge in [0, 0.05) is 0 Å². The Labute approximate surface area is 117 Å². The van der Waals surface area contributed by atoms with Crippen LogP contribution in [0.4, 0.5) is 18.9 Å². The fourth-order valence-electron chi connectivity index (χ4n) is 1.41. The summed E-state index contributed by atoms with van der Waals surface area (Å²) in [7, 11) is 0. The van der Waals surface area contributed by atoms with Crippen molar-refractivity contribution in [2.24, 2.45) is 0 Å². The SMILES string of the molecule is CCOC(=O)c1ccc(NC(=O)CCl)c(C(F)(F)F)c1. The fraction of sp³-hybridized carbons (Fsp3) is 0.333. The number of carbonyl (C=O) groups is 2. The van der Waals surface area contributed by atoms with E-state index in [9.17, 15) is 22.8 Å². The molecule has 0 aliphatic rings. The Balaban J connectivity index is 3.20. The number of anilines is 1. The van der Waals surface area contributed by atoms with Crippen molar-refractivity contribution in [3.8, 4) is 0 Å². The van der Waals surface area contributed by atoms with Crippen LogP contribution in [0.3, 0.4) is 0 Å². The first-order valence-corrected chi connectivity index (χ1v) is 6.07. The number of amides is 1. The number of halogens is 4. The summed E-state index contributed by atoms with van der Waals surface area (Å²) in [6.45, 7) is 1.59. The van der Waals surface area contributed by atoms with Crippen molar-refractivity contribution < 1.29 is 27.5 Å². The third-order valence-corrected chi connectivity index (χ3v) is 2.47. The van der Waals surface area contributed by atoms with Gasteiger partial charge in [-0.3, -0.25) is 4.79 Å². The maximum atomic E-state index is 12.9. The molecular weight excluding hydrogens is 299 g/mol. The lowest BCUT2D eigenvalue weighted by Gasteiger charge is -2.14. The molecule has 0 saturated heterocycles. The van der Waals surface area contributed by atoms with Gasteiger partial charge in [-0.1, -0.05) is 0 Å². The molecule has 4 nitrogen and oxygen atoms in total. The molecule has 1 N–H and O–H groups in total. The summed E-state index contributed by atoms with van der Waals surface area (Å²) >= 11 is 5.22. The van der Waals surface area contributed by atoms with Gasteiger partial charge in [0.15, 0.2) is 0 Å². The molecule has 0 fully saturated rings. The maximum absolute atomic E-state index is 12.9. The Morgan fingerprint density at radius 3 is 2.50 bits per heavy atom. The number of carbonyl (C=O) groups excluding carboxylic acids is 2. The molecule has 0 aliphatic carbocycles. The van der Waals surface area contributed by atoms with E-state index in [0.717, 1.165) is 12.1 Å². The van der Waals surface area contributed by atoms with Crippen LogP contribution in [-0.2, 0) is 15.7 Å². The van der Waals surface area contributed by atoms with Gasteiger partial charge in [0.25, 0.3) is 0 Å². The van der Waals surface area contributed by atoms with Crippen molar-refractivity contribution in [1.82, 2.24) is 0 Å². The van der Waals surface area contributed by atoms with E-state index in [1.165, 1.54) is 6.92 Å². The van der Waals surface area contributed by atoms with Crippen LogP contribution in [0.5, 0.6) is 0 Å². The van der Waals surface area contributed by atoms with Gasteiger partial charge in [0.2, 0.25) is 5.91 Å². The van der Waals surface area contributed by atoms with E-state index in [4.69, 9.17) is 11.6 Å². The number of rotatable bonds is 4. The van der Waals surface area contributed by atoms with Gasteiger partial charge >= 0.3 is 12.1 Å². The highest BCUT2D eigenvalue weighted by molar-refractivity contribution is 6.29. The van der Waals surface area contributed by atoms with Crippen LogP contribution in [0.1, 0.15) is 22.8 Å². The average molecular weight is 310 g/mol. The van der Waals surface area contributed by atoms with Crippen LogP contribution < -0.4 is 5.32 Å². The van der Waals surface area contributed by atoms with Crippen LogP contribution >= 0.6 is 11.6 Å². The Bertz CT molecular complexity index is 517. The molecule has 20 heavy (non-hydrogen) atoms. The molecule has 1 aromatic rings. The molecule has 0 heterocycles. The minimum Gasteiger partial charge on any atom is -0.462 e. The second kappa shape index (κ2) is 6.60. The largest absolute Gasteiger partial charge is 0.462 e. The summed E-state index contributed by atoms with van der Waals surface area (Å²) in [5.41, 5.74) is -1.85. The normalized spacial score (nSPS) is 11.1. The fourth-order valence-corrected chi connectivity index (χ4v) is 1.48. The minimum absolute atomic E-state index is 0.0465. The number of hydrogen-bond donors (Lipinski definition) is 1. The van der Waals surface area contributed by atoms with Gasteiger partial charge in [-0.25, -0.2) is 4.79 Å². The van der Waals surface area contributed by atoms with Crippen LogP contribution in [-0.4, -0.2) is 24.4 Å². The highest BCUT2D eigenvalue weighted by Gasteiger charge is 2.34. The molecule has 1 aromatic carbocycles. The summed E-state index contributed by atoms with van der Waals surface area (Å²) in [4.78, 5) is 22.5. The van der Waals surface area contributed by atoms with Crippen molar-refractivity contribution >= 4 is 29.2 Å². The first-order chi connectivity index (χ1) is 9.29. The predicted octanol–water partition coefficient (Wildman–Crippen LogP) is 3.06. The average Bonchev–Trinajstić information content (AvgIpc) is 2.38. The third-order valence-electron chi connectivity index (χ3n) is 2.23. The van der Waals surface area contributed by atoms with E-state index in [-0.39, 0.29) is 12.2 Å². The maximum Gasteiger partial charge on any atom is 0.418 e. The molecule has 0 atom stereocenters. The quantitative estimate of drug-likeness (QED) is 0.687. The van der Waals surface area contributed by atoms with Crippen LogP contribution in [0, 0.1) is 0 Å². The first kappa shape index (κ1) is 16.3. The molecular formula is C12H11ClF3NO3. The Hall–Kier alpha value is -1.76. The lowest BCUT2D eigenvalue weighted by molar-refractivity contribution is -0.137. The zero-order valence-corrected chi connectivity index (χ0v) is 11.1. The lowest BCUT2D eigenvalue weighted by Crippen LogP contribution is -2.18. The van der Waals surface area contributed by atoms with Crippen LogP contribution in [0.15, 0.2) is 18.2 Å². The van der Waals surface area contributed by atoms with E-state index in [1.54, 1.807) is 0 Å². The highest BCUT2D eigenvalue weighted by atomic mass is 35.5. The molecule has 0 spiro atoms. The van der Waals surface area contributed by atoms with Gasteiger partial charge in [0.1, 0.15) is 5.88 Å². The smallest absolute Gasteiger partial charge is 0.418 e. The molecule has 0 aromatic heterocycles. The van der Waals surface area contributed by atoms with Crippen molar-refractivity contribution in [1.29, 1.82) is 0 Å².